The van der Waals surface area contributed by atoms with Crippen LogP contribution in [-0.4, -0.2) is 123 Å². The number of nitrogens with zero attached hydrogens (tertiary/aromatic N) is 4. The summed E-state index contributed by atoms with van der Waals surface area (Å²) in [5.74, 6) is -1.09. The fourth-order valence-electron chi connectivity index (χ4n) is 6.79. The molecule has 1 saturated heterocycles. The van der Waals surface area contributed by atoms with Crippen molar-refractivity contribution in [2.24, 2.45) is 5.41 Å². The van der Waals surface area contributed by atoms with Gasteiger partial charge in [-0.1, -0.05) is 116 Å². The predicted octanol–water partition coefficient (Wildman–Crippen LogP) is 4.70. The van der Waals surface area contributed by atoms with Crippen LogP contribution in [0.5, 0.6) is 0 Å². The molecule has 0 bridgehead atoms. The molecule has 3 rings (SSSR count). The number of aliphatic hydroxyl groups is 2. The number of phosphoric ester groups is 3. The van der Waals surface area contributed by atoms with E-state index in [2.05, 4.69) is 41.3 Å². The number of amides is 2. The van der Waals surface area contributed by atoms with Crippen molar-refractivity contribution in [3.05, 3.63) is 24.8 Å². The predicted molar refractivity (Wildman–Crippen MR) is 247 cm³/mol. The van der Waals surface area contributed by atoms with Gasteiger partial charge < -0.3 is 50.9 Å². The number of nitrogens with two attached hydrogens (primary N) is 1. The van der Waals surface area contributed by atoms with E-state index < -0.39 is 84.6 Å². The Balaban J connectivity index is 1.31. The number of carbonyl (C=O) groups is 3. The molecule has 3 unspecified atom stereocenters. The van der Waals surface area contributed by atoms with Crippen LogP contribution >= 0.6 is 35.2 Å². The van der Waals surface area contributed by atoms with Gasteiger partial charge in [-0.25, -0.2) is 28.6 Å². The Labute approximate surface area is 394 Å². The minimum atomic E-state index is -5.58. The van der Waals surface area contributed by atoms with Crippen molar-refractivity contribution in [3.8, 4) is 0 Å². The number of allylic oxidation sites excluding steroid dienone is 1. The van der Waals surface area contributed by atoms with Gasteiger partial charge in [-0.05, 0) is 18.9 Å². The highest BCUT2D eigenvalue weighted by atomic mass is 32.2. The quantitative estimate of drug-likeness (QED) is 0.0260. The number of hydrogen-bond donors (Lipinski definition) is 9. The number of imidazole rings is 1. The van der Waals surface area contributed by atoms with Crippen molar-refractivity contribution in [1.29, 1.82) is 0 Å². The topological polar surface area (TPSA) is 364 Å². The molecular formula is C39H68N7O17P3S. The Kier molecular flexibility index (Phi) is 25.2. The third-order valence-corrected chi connectivity index (χ3v) is 14.4. The maximum absolute atomic E-state index is 12.7. The molecule has 0 spiro atoms. The van der Waals surface area contributed by atoms with E-state index >= 15 is 0 Å². The third-order valence-electron chi connectivity index (χ3n) is 10.5. The van der Waals surface area contributed by atoms with Crippen molar-refractivity contribution < 1.29 is 80.5 Å². The largest absolute Gasteiger partial charge is 0.481 e. The van der Waals surface area contributed by atoms with Crippen LogP contribution in [0.2, 0.25) is 0 Å². The van der Waals surface area contributed by atoms with Gasteiger partial charge in [0.2, 0.25) is 16.9 Å². The number of unbranched alkanes of at least 4 members (excludes halogenated alkanes) is 13. The minimum absolute atomic E-state index is 0.0325. The molecule has 10 N–H and O–H groups in total. The zero-order valence-corrected chi connectivity index (χ0v) is 41.6. The lowest BCUT2D eigenvalue weighted by Gasteiger charge is -2.30. The van der Waals surface area contributed by atoms with Crippen molar-refractivity contribution in [2.45, 2.75) is 148 Å². The van der Waals surface area contributed by atoms with Gasteiger partial charge >= 0.3 is 23.5 Å². The van der Waals surface area contributed by atoms with Crippen LogP contribution in [0.1, 0.15) is 123 Å². The molecule has 24 nitrogen and oxygen atoms in total. The summed E-state index contributed by atoms with van der Waals surface area (Å²) in [6.07, 6.45) is 14.0. The number of carbonyl (C=O) groups excluding carboxylic acids is 3. The van der Waals surface area contributed by atoms with E-state index in [-0.39, 0.29) is 41.6 Å². The molecule has 0 aromatic carbocycles. The molecule has 0 saturated carbocycles. The molecule has 1 fully saturated rings. The van der Waals surface area contributed by atoms with Gasteiger partial charge in [0.1, 0.15) is 36.3 Å². The maximum Gasteiger partial charge on any atom is 0.481 e. The second kappa shape index (κ2) is 28.8. The van der Waals surface area contributed by atoms with Gasteiger partial charge in [0.05, 0.1) is 19.5 Å². The van der Waals surface area contributed by atoms with E-state index in [1.165, 1.54) is 84.5 Å². The van der Waals surface area contributed by atoms with Gasteiger partial charge in [0, 0.05) is 30.7 Å². The van der Waals surface area contributed by atoms with E-state index in [0.717, 1.165) is 48.2 Å². The lowest BCUT2D eigenvalue weighted by atomic mass is 9.87. The van der Waals surface area contributed by atoms with Gasteiger partial charge in [0.25, 0.3) is 0 Å². The molecule has 3 heterocycles. The monoisotopic (exact) mass is 1030 g/mol. The average Bonchev–Trinajstić information content (AvgIpc) is 3.81. The number of anilines is 1. The Morgan fingerprint density at radius 3 is 2.15 bits per heavy atom. The molecule has 1 aliphatic heterocycles. The van der Waals surface area contributed by atoms with Crippen LogP contribution in [0.25, 0.3) is 11.2 Å². The number of aliphatic hydroxyl groups excluding tert-OH is 2. The molecule has 2 aromatic heterocycles. The van der Waals surface area contributed by atoms with Crippen molar-refractivity contribution in [2.75, 3.05) is 37.8 Å². The lowest BCUT2D eigenvalue weighted by molar-refractivity contribution is -0.137. The molecule has 0 aliphatic carbocycles. The highest BCUT2D eigenvalue weighted by Gasteiger charge is 2.50. The first-order chi connectivity index (χ1) is 31.6. The summed E-state index contributed by atoms with van der Waals surface area (Å²) >= 11 is 1.07. The van der Waals surface area contributed by atoms with E-state index in [1.54, 1.807) is 6.08 Å². The van der Waals surface area contributed by atoms with Crippen molar-refractivity contribution >= 4 is 69.1 Å². The molecule has 2 amide bonds. The standard InChI is InChI=1S/C39H68N7O17P3S/c1-4-5-6-7-8-9-10-11-12-13-14-15-16-17-18-19-30(48)67-23-22-41-29(47)20-21-42-37(51)34(50)39(2,3)25-60-66(57,58)63-65(55,56)59-24-28-33(62-64(52,53)54)32(49)38(61-28)46-27-45-31-35(40)43-26-44-36(31)46/h18-19,26-28,32-34,38,49-50H,4-17,20-25H2,1-3H3,(H,41,47)(H,42,51)(H,55,56)(H,57,58)(H2,40,43,44)(H2,52,53,54)/b19-18+/t28-,32-,33-,34?,38-/m1/s1. The summed E-state index contributed by atoms with van der Waals surface area (Å²) in [4.78, 5) is 88.2. The number of thioether (sulfide) groups is 1. The Morgan fingerprint density at radius 1 is 0.910 bits per heavy atom. The highest BCUT2D eigenvalue weighted by molar-refractivity contribution is 8.14. The normalized spacial score (nSPS) is 20.2. The van der Waals surface area contributed by atoms with Gasteiger partial charge in [-0.15, -0.1) is 0 Å². The number of fused-ring (bicyclic) bond motifs is 1. The first-order valence-corrected chi connectivity index (χ1v) is 27.8. The number of nitrogens with one attached hydrogen (secondary N) is 2. The lowest BCUT2D eigenvalue weighted by Crippen LogP contribution is -2.46. The van der Waals surface area contributed by atoms with E-state index in [9.17, 15) is 57.9 Å². The summed E-state index contributed by atoms with van der Waals surface area (Å²) in [5.41, 5.74) is 4.28. The first kappa shape index (κ1) is 58.6. The molecule has 2 aromatic rings. The zero-order valence-electron chi connectivity index (χ0n) is 38.1. The molecular weight excluding hydrogens is 963 g/mol. The fraction of sp³-hybridized carbons (Fsp3) is 0.744. The molecule has 382 valence electrons. The zero-order chi connectivity index (χ0) is 49.7. The van der Waals surface area contributed by atoms with Crippen LogP contribution in [0.15, 0.2) is 24.8 Å². The van der Waals surface area contributed by atoms with E-state index in [4.69, 9.17) is 19.5 Å². The number of phosphoric acid groups is 3. The molecule has 67 heavy (non-hydrogen) atoms. The second-order valence-corrected chi connectivity index (χ2v) is 22.0. The smallest absolute Gasteiger partial charge is 0.386 e. The average molecular weight is 1030 g/mol. The fourth-order valence-corrected chi connectivity index (χ4v) is 10.2. The summed E-state index contributed by atoms with van der Waals surface area (Å²) in [7, 11) is -16.4. The molecule has 28 heteroatoms. The summed E-state index contributed by atoms with van der Waals surface area (Å²) in [5, 5.41) is 26.5. The summed E-state index contributed by atoms with van der Waals surface area (Å²) < 4.78 is 62.4. The van der Waals surface area contributed by atoms with Gasteiger partial charge in [-0.2, -0.15) is 4.31 Å². The van der Waals surface area contributed by atoms with Crippen LogP contribution in [-0.2, 0) is 50.7 Å². The van der Waals surface area contributed by atoms with Gasteiger partial charge in [0.15, 0.2) is 17.7 Å². The number of ether oxygens (including phenoxy) is 1. The number of hydrogen-bond acceptors (Lipinski definition) is 18. The van der Waals surface area contributed by atoms with Crippen LogP contribution < -0.4 is 16.4 Å². The van der Waals surface area contributed by atoms with Crippen LogP contribution in [0.3, 0.4) is 0 Å². The third kappa shape index (κ3) is 21.9. The Hall–Kier alpha value is -2.70. The van der Waals surface area contributed by atoms with Crippen LogP contribution in [0.4, 0.5) is 5.82 Å². The molecule has 0 radical (unpaired) electrons. The second-order valence-electron chi connectivity index (χ2n) is 16.7. The van der Waals surface area contributed by atoms with Gasteiger partial charge in [-0.3, -0.25) is 32.5 Å². The highest BCUT2D eigenvalue weighted by Crippen LogP contribution is 2.61. The number of nitrogen functional groups attached to an aromatic ring is 1. The first-order valence-electron chi connectivity index (χ1n) is 22.3. The SMILES string of the molecule is CCCCCCCCCCCCCCC/C=C/C(=O)SCCNC(=O)CCNC(=O)C(O)C(C)(C)COP(=O)(O)OP(=O)(O)OC[C@H]1O[C@@H](n2cnc3c(N)ncnc32)[C@H](O)[C@@H]1OP(=O)(O)O. The number of aromatic nitrogens is 4. The van der Waals surface area contributed by atoms with Crippen molar-refractivity contribution in [3.63, 3.8) is 0 Å². The molecule has 7 atom stereocenters. The van der Waals surface area contributed by atoms with E-state index in [0.29, 0.717) is 5.75 Å². The van der Waals surface area contributed by atoms with Crippen LogP contribution in [0, 0.1) is 5.41 Å². The molecule has 1 aliphatic rings. The Bertz CT molecular complexity index is 2040. The maximum atomic E-state index is 12.7. The number of rotatable bonds is 34. The Morgan fingerprint density at radius 2 is 1.52 bits per heavy atom. The summed E-state index contributed by atoms with van der Waals surface area (Å²) in [6, 6.07) is 0. The minimum Gasteiger partial charge on any atom is -0.386 e. The van der Waals surface area contributed by atoms with Crippen molar-refractivity contribution in [1.82, 2.24) is 30.2 Å². The van der Waals surface area contributed by atoms with E-state index in [1.807, 2.05) is 6.08 Å². The summed E-state index contributed by atoms with van der Waals surface area (Å²) in [6.45, 7) is 2.76.